The minimum atomic E-state index is -0.463. The van der Waals surface area contributed by atoms with Crippen molar-refractivity contribution >= 4 is 52.4 Å². The minimum Gasteiger partial charge on any atom is -0.328 e. The highest BCUT2D eigenvalue weighted by Gasteiger charge is 2.30. The summed E-state index contributed by atoms with van der Waals surface area (Å²) in [6.45, 7) is 3.86. The predicted molar refractivity (Wildman–Crippen MR) is 138 cm³/mol. The van der Waals surface area contributed by atoms with Crippen molar-refractivity contribution in [2.24, 2.45) is 0 Å². The molecule has 12 heteroatoms. The van der Waals surface area contributed by atoms with Crippen molar-refractivity contribution in [3.8, 4) is 17.1 Å². The van der Waals surface area contributed by atoms with Crippen LogP contribution in [0.4, 0.5) is 10.5 Å². The number of anilines is 1. The van der Waals surface area contributed by atoms with E-state index in [2.05, 4.69) is 20.4 Å². The molecule has 3 amide bonds. The molecule has 2 aromatic rings. The van der Waals surface area contributed by atoms with E-state index < -0.39 is 11.6 Å². The molecule has 3 aliphatic rings. The maximum absolute atomic E-state index is 13.1. The quantitative estimate of drug-likeness (QED) is 0.350. The van der Waals surface area contributed by atoms with Crippen molar-refractivity contribution in [1.29, 1.82) is 0 Å². The summed E-state index contributed by atoms with van der Waals surface area (Å²) in [6, 6.07) is 9.49. The Balaban J connectivity index is 1.57. The molecule has 0 radical (unpaired) electrons. The van der Waals surface area contributed by atoms with Crippen molar-refractivity contribution in [1.82, 2.24) is 25.1 Å². The summed E-state index contributed by atoms with van der Waals surface area (Å²) in [6.07, 6.45) is 0.246. The number of aromatic nitrogens is 4. The van der Waals surface area contributed by atoms with Crippen LogP contribution < -0.4 is 15.8 Å². The summed E-state index contributed by atoms with van der Waals surface area (Å²) in [5, 5.41) is 6.66. The third-order valence-corrected chi connectivity index (χ3v) is 6.59. The van der Waals surface area contributed by atoms with E-state index in [9.17, 15) is 14.4 Å². The summed E-state index contributed by atoms with van der Waals surface area (Å²) in [5.74, 6) is 0.282. The molecule has 9 nitrogen and oxygen atoms in total. The van der Waals surface area contributed by atoms with Crippen LogP contribution in [0.2, 0.25) is 15.1 Å². The zero-order valence-corrected chi connectivity index (χ0v) is 21.4. The van der Waals surface area contributed by atoms with Gasteiger partial charge in [-0.05, 0) is 35.7 Å². The predicted octanol–water partition coefficient (Wildman–Crippen LogP) is 4.79. The van der Waals surface area contributed by atoms with Crippen LogP contribution in [0.5, 0.6) is 0 Å². The fourth-order valence-electron chi connectivity index (χ4n) is 4.13. The van der Waals surface area contributed by atoms with Crippen molar-refractivity contribution in [3.63, 3.8) is 0 Å². The van der Waals surface area contributed by atoms with Gasteiger partial charge in [-0.1, -0.05) is 60.8 Å². The van der Waals surface area contributed by atoms with Gasteiger partial charge in [0, 0.05) is 11.4 Å². The number of rotatable bonds is 5. The van der Waals surface area contributed by atoms with E-state index in [4.69, 9.17) is 34.8 Å². The van der Waals surface area contributed by atoms with Crippen molar-refractivity contribution in [2.45, 2.75) is 26.2 Å². The number of H-pyrrole nitrogens is 1. The third kappa shape index (κ3) is 4.23. The second kappa shape index (κ2) is 9.24. The Kier molecular flexibility index (Phi) is 6.23. The molecule has 36 heavy (non-hydrogen) atoms. The number of nitrogens with zero attached hydrogens (tertiary/aromatic N) is 4. The summed E-state index contributed by atoms with van der Waals surface area (Å²) in [7, 11) is 0. The van der Waals surface area contributed by atoms with Crippen molar-refractivity contribution in [3.05, 3.63) is 78.9 Å². The normalized spacial score (nSPS) is 13.8. The van der Waals surface area contributed by atoms with Crippen LogP contribution in [0, 0.1) is 0 Å². The van der Waals surface area contributed by atoms with Gasteiger partial charge in [0.25, 0.3) is 11.5 Å². The van der Waals surface area contributed by atoms with E-state index in [1.54, 1.807) is 41.1 Å². The average Bonchev–Trinajstić information content (AvgIpc) is 3.34. The molecule has 1 fully saturated rings. The smallest absolute Gasteiger partial charge is 0.328 e. The van der Waals surface area contributed by atoms with Crippen LogP contribution in [0.25, 0.3) is 17.1 Å². The molecular formula is C24H19Cl3N6O3. The average molecular weight is 546 g/mol. The van der Waals surface area contributed by atoms with Gasteiger partial charge in [0.15, 0.2) is 5.82 Å². The van der Waals surface area contributed by atoms with Gasteiger partial charge in [0.05, 0.1) is 28.0 Å². The first kappa shape index (κ1) is 24.3. The first-order chi connectivity index (χ1) is 17.1. The van der Waals surface area contributed by atoms with Crippen molar-refractivity contribution in [2.75, 3.05) is 11.4 Å². The number of urea groups is 1. The van der Waals surface area contributed by atoms with E-state index in [1.165, 1.54) is 0 Å². The third-order valence-electron chi connectivity index (χ3n) is 5.80. The number of amides is 3. The van der Waals surface area contributed by atoms with Gasteiger partial charge in [-0.2, -0.15) is 4.98 Å². The Morgan fingerprint density at radius 1 is 1.00 bits per heavy atom. The molecule has 5 rings (SSSR count). The molecule has 0 bridgehead atoms. The van der Waals surface area contributed by atoms with Crippen LogP contribution in [0.1, 0.15) is 36.8 Å². The van der Waals surface area contributed by atoms with E-state index in [1.807, 2.05) is 13.8 Å². The highest BCUT2D eigenvalue weighted by molar-refractivity contribution is 6.40. The Hall–Kier alpha value is -3.40. The summed E-state index contributed by atoms with van der Waals surface area (Å²) >= 11 is 19.0. The lowest BCUT2D eigenvalue weighted by atomic mass is 10.1. The van der Waals surface area contributed by atoms with Gasteiger partial charge < -0.3 is 5.32 Å². The van der Waals surface area contributed by atoms with Gasteiger partial charge in [-0.3, -0.25) is 14.7 Å². The van der Waals surface area contributed by atoms with Gasteiger partial charge in [-0.15, -0.1) is 0 Å². The molecule has 0 unspecified atom stereocenters. The van der Waals surface area contributed by atoms with Gasteiger partial charge in [0.2, 0.25) is 0 Å². The summed E-state index contributed by atoms with van der Waals surface area (Å²) < 4.78 is 1.58. The molecular weight excluding hydrogens is 527 g/mol. The van der Waals surface area contributed by atoms with Crippen molar-refractivity contribution < 1.29 is 9.59 Å². The zero-order valence-electron chi connectivity index (χ0n) is 19.1. The van der Waals surface area contributed by atoms with Crippen LogP contribution in [0.15, 0.2) is 41.2 Å². The first-order valence-corrected chi connectivity index (χ1v) is 12.1. The minimum absolute atomic E-state index is 0.0289. The molecule has 2 aromatic carbocycles. The molecule has 0 saturated carbocycles. The Bertz CT molecular complexity index is 1500. The topological polar surface area (TPSA) is 113 Å². The molecule has 3 heterocycles. The number of nitrogens with one attached hydrogen (secondary N) is 2. The second-order valence-corrected chi connectivity index (χ2v) is 9.86. The number of benzene rings is 2. The van der Waals surface area contributed by atoms with Gasteiger partial charge in [-0.25, -0.2) is 19.4 Å². The number of hydrogen-bond acceptors (Lipinski definition) is 5. The fourth-order valence-corrected chi connectivity index (χ4v) is 5.12. The Morgan fingerprint density at radius 2 is 1.67 bits per heavy atom. The number of carbonyl (C=O) groups is 2. The number of aromatic amines is 1. The maximum Gasteiger partial charge on any atom is 0.329 e. The standard InChI is InChI=1S/C24H19Cl3N6O3/c1-11(2)20-19-22(33(31-20)21-15(26)8-13(25)9-16(21)27)29-17(30-23(19)35)7-12-3-5-14(6-4-12)32-18(34)10-28-24(32)36/h3-6,8-9,11,31H,7,10H2,1-2H3,(H,28,36). The number of halogens is 3. The molecule has 2 N–H and O–H groups in total. The monoisotopic (exact) mass is 544 g/mol. The Morgan fingerprint density at radius 3 is 2.25 bits per heavy atom. The highest BCUT2D eigenvalue weighted by Crippen LogP contribution is 2.36. The second-order valence-electron chi connectivity index (χ2n) is 8.61. The van der Waals surface area contributed by atoms with Gasteiger partial charge >= 0.3 is 6.03 Å². The zero-order chi connectivity index (χ0) is 25.7. The van der Waals surface area contributed by atoms with Crippen LogP contribution >= 0.6 is 34.8 Å². The first-order valence-electron chi connectivity index (χ1n) is 11.0. The lowest BCUT2D eigenvalue weighted by Gasteiger charge is -2.13. The van der Waals surface area contributed by atoms with Crippen LogP contribution in [-0.4, -0.2) is 38.2 Å². The fraction of sp³-hybridized carbons (Fsp3) is 0.208. The molecule has 0 atom stereocenters. The number of imide groups is 1. The molecule has 0 aliphatic carbocycles. The molecule has 3 aliphatic heterocycles. The van der Waals surface area contributed by atoms with E-state index in [-0.39, 0.29) is 24.8 Å². The lowest BCUT2D eigenvalue weighted by Crippen LogP contribution is -2.30. The lowest BCUT2D eigenvalue weighted by molar-refractivity contribution is -0.115. The van der Waals surface area contributed by atoms with Crippen LogP contribution in [-0.2, 0) is 11.2 Å². The summed E-state index contributed by atoms with van der Waals surface area (Å²) in [4.78, 5) is 46.9. The number of carbonyl (C=O) groups excluding carboxylic acids is 2. The molecule has 1 saturated heterocycles. The molecule has 184 valence electrons. The van der Waals surface area contributed by atoms with Gasteiger partial charge in [0.1, 0.15) is 17.1 Å². The van der Waals surface area contributed by atoms with Crippen LogP contribution in [0.3, 0.4) is 0 Å². The van der Waals surface area contributed by atoms with E-state index in [0.29, 0.717) is 49.3 Å². The summed E-state index contributed by atoms with van der Waals surface area (Å²) in [5.41, 5.74) is 2.24. The Labute approximate surface area is 220 Å². The SMILES string of the molecule is CC(C)c1[nH]n(-c2c(Cl)cc(Cl)cc2Cl)c2nc(Cc3ccc(N4C(=O)CNC4=O)cc3)nc(=O)c1-2. The number of hydrogen-bond donors (Lipinski definition) is 2. The largest absolute Gasteiger partial charge is 0.329 e. The number of fused-ring (bicyclic) bond motifs is 1. The molecule has 0 spiro atoms. The highest BCUT2D eigenvalue weighted by atomic mass is 35.5. The van der Waals surface area contributed by atoms with E-state index >= 15 is 0 Å². The van der Waals surface area contributed by atoms with E-state index in [0.717, 1.165) is 10.5 Å². The maximum atomic E-state index is 13.1. The molecule has 0 aromatic heterocycles.